The molecule has 1 atom stereocenters. The fraction of sp³-hybridized carbons (Fsp3) is 0.395. The van der Waals surface area contributed by atoms with E-state index in [1.807, 2.05) is 55.5 Å². The van der Waals surface area contributed by atoms with Gasteiger partial charge in [-0.1, -0.05) is 73.7 Å². The average molecular weight is 519 g/mol. The Morgan fingerprint density at radius 1 is 0.769 bits per heavy atom. The quantitative estimate of drug-likeness (QED) is 0.256. The maximum Gasteiger partial charge on any atom is 0.0708 e. The third kappa shape index (κ3) is 4.35. The summed E-state index contributed by atoms with van der Waals surface area (Å²) < 4.78 is 60.1. The van der Waals surface area contributed by atoms with Crippen LogP contribution in [0.2, 0.25) is 0 Å². The lowest BCUT2D eigenvalue weighted by Gasteiger charge is -2.59. The van der Waals surface area contributed by atoms with Gasteiger partial charge in [0, 0.05) is 21.4 Å². The van der Waals surface area contributed by atoms with Crippen LogP contribution >= 0.6 is 0 Å². The van der Waals surface area contributed by atoms with Gasteiger partial charge < -0.3 is 0 Å². The highest BCUT2D eigenvalue weighted by Gasteiger charge is 2.53. The molecule has 3 aromatic carbocycles. The van der Waals surface area contributed by atoms with Gasteiger partial charge in [-0.15, -0.1) is 0 Å². The third-order valence-corrected chi connectivity index (χ3v) is 10.1. The van der Waals surface area contributed by atoms with E-state index in [4.69, 9.17) is 8.22 Å². The van der Waals surface area contributed by atoms with Crippen LogP contribution in [0.25, 0.3) is 33.5 Å². The van der Waals surface area contributed by atoms with E-state index in [0.717, 1.165) is 59.3 Å². The van der Waals surface area contributed by atoms with Crippen molar-refractivity contribution in [2.75, 3.05) is 0 Å². The van der Waals surface area contributed by atoms with Crippen molar-refractivity contribution in [1.82, 2.24) is 4.98 Å². The number of pyridine rings is 1. The molecule has 8 rings (SSSR count). The van der Waals surface area contributed by atoms with Gasteiger partial charge in [-0.05, 0) is 139 Å². The summed E-state index contributed by atoms with van der Waals surface area (Å²) in [6.45, 7) is -1.01. The van der Waals surface area contributed by atoms with E-state index in [-0.39, 0.29) is 16.5 Å². The van der Waals surface area contributed by atoms with Crippen molar-refractivity contribution in [1.29, 1.82) is 0 Å². The molecular weight excluding hydrogens is 470 g/mol. The molecule has 0 N–H and O–H groups in total. The van der Waals surface area contributed by atoms with E-state index in [2.05, 4.69) is 24.0 Å². The molecule has 0 spiro atoms. The van der Waals surface area contributed by atoms with Crippen LogP contribution in [0.15, 0.2) is 79.0 Å². The number of aryl methyl sites for hydroxylation is 3. The molecule has 4 aromatic rings. The summed E-state index contributed by atoms with van der Waals surface area (Å²) in [7, 11) is 0. The zero-order valence-electron chi connectivity index (χ0n) is 29.9. The minimum absolute atomic E-state index is 0.0253. The largest absolute Gasteiger partial charge is 0.256 e. The van der Waals surface area contributed by atoms with E-state index in [0.29, 0.717) is 22.4 Å². The molecule has 1 unspecified atom stereocenters. The number of benzene rings is 3. The number of rotatable bonds is 5. The monoisotopic (exact) mass is 518 g/mol. The lowest BCUT2D eigenvalue weighted by atomic mass is 9.46. The maximum absolute atomic E-state index is 9.72. The van der Waals surface area contributed by atoms with E-state index in [1.54, 1.807) is 12.1 Å². The fourth-order valence-electron chi connectivity index (χ4n) is 8.53. The summed E-state index contributed by atoms with van der Waals surface area (Å²) >= 11 is 0. The first-order valence-corrected chi connectivity index (χ1v) is 14.5. The minimum Gasteiger partial charge on any atom is -0.256 e. The van der Waals surface area contributed by atoms with Crippen molar-refractivity contribution in [3.8, 4) is 33.5 Å². The molecule has 0 saturated heterocycles. The highest BCUT2D eigenvalue weighted by molar-refractivity contribution is 5.80. The summed E-state index contributed by atoms with van der Waals surface area (Å²) in [6.07, 6.45) is 8.86. The van der Waals surface area contributed by atoms with Crippen LogP contribution in [0.1, 0.15) is 83.2 Å². The van der Waals surface area contributed by atoms with Crippen molar-refractivity contribution in [3.05, 3.63) is 101 Å². The summed E-state index contributed by atoms with van der Waals surface area (Å²) in [4.78, 5) is 4.46. The molecule has 4 fully saturated rings. The zero-order chi connectivity index (χ0) is 32.6. The van der Waals surface area contributed by atoms with Crippen molar-refractivity contribution in [2.45, 2.75) is 72.0 Å². The van der Waals surface area contributed by atoms with Crippen LogP contribution in [-0.2, 0) is 0 Å². The summed E-state index contributed by atoms with van der Waals surface area (Å²) in [5, 5.41) is 0. The molecule has 0 aliphatic heterocycles. The molecule has 1 heterocycles. The van der Waals surface area contributed by atoms with Crippen LogP contribution in [0.3, 0.4) is 0 Å². The molecule has 4 aliphatic carbocycles. The first-order valence-electron chi connectivity index (χ1n) is 18.0. The molecule has 39 heavy (non-hydrogen) atoms. The second kappa shape index (κ2) is 9.47. The Morgan fingerprint density at radius 3 is 2.05 bits per heavy atom. The number of nitrogens with zero attached hydrogens (tertiary/aromatic N) is 1. The fourth-order valence-corrected chi connectivity index (χ4v) is 8.53. The van der Waals surface area contributed by atoms with Crippen LogP contribution in [0.4, 0.5) is 0 Å². The predicted molar refractivity (Wildman–Crippen MR) is 164 cm³/mol. The first kappa shape index (κ1) is 18.2. The Hall–Kier alpha value is -3.19. The standard InChI is InChI=1S/C38H41N/c1-24-14-34(15-25(2)37(24)35-19-36(39-23-26(35)3)33-8-6-5-7-9-33)32-12-10-31(11-13-32)27(4)38-20-28-16-29(21-38)18-30(17-28)22-38/h5-15,19,23,27-30H,16-18,20-22H2,1-4H3/i1D3,3D3,27D. The van der Waals surface area contributed by atoms with Gasteiger partial charge in [0.2, 0.25) is 0 Å². The normalized spacial score (nSPS) is 30.2. The molecule has 1 nitrogen and oxygen atoms in total. The Bertz CT molecular complexity index is 1730. The SMILES string of the molecule is [2H]C([2H])([2H])c1cnc(-c2ccccc2)cc1-c1c(C)cc(-c2ccc(C([2H])(C)C34CC5CC(CC(C5)C3)C4)cc2)cc1C([2H])([2H])[2H]. The molecule has 0 radical (unpaired) electrons. The minimum atomic E-state index is -2.49. The van der Waals surface area contributed by atoms with Crippen LogP contribution in [-0.4, -0.2) is 4.98 Å². The Balaban J connectivity index is 1.29. The molecule has 1 aromatic heterocycles. The summed E-state index contributed by atoms with van der Waals surface area (Å²) in [5.41, 5.74) is 5.67. The lowest BCUT2D eigenvalue weighted by molar-refractivity contribution is -0.0656. The second-order valence-electron chi connectivity index (χ2n) is 12.6. The van der Waals surface area contributed by atoms with Crippen LogP contribution in [0, 0.1) is 43.8 Å². The van der Waals surface area contributed by atoms with Crippen molar-refractivity contribution < 1.29 is 9.60 Å². The Kier molecular flexibility index (Phi) is 4.42. The topological polar surface area (TPSA) is 12.9 Å². The summed E-state index contributed by atoms with van der Waals surface area (Å²) in [6, 6.07) is 23.0. The van der Waals surface area contributed by atoms with Gasteiger partial charge in [0.25, 0.3) is 0 Å². The number of hydrogen-bond donors (Lipinski definition) is 0. The van der Waals surface area contributed by atoms with E-state index >= 15 is 0 Å². The lowest BCUT2D eigenvalue weighted by Crippen LogP contribution is -2.48. The highest BCUT2D eigenvalue weighted by Crippen LogP contribution is 2.64. The molecule has 4 aliphatic rings. The first-order chi connectivity index (χ1) is 21.6. The Labute approximate surface area is 244 Å². The second-order valence-corrected chi connectivity index (χ2v) is 12.6. The van der Waals surface area contributed by atoms with E-state index in [9.17, 15) is 1.37 Å². The molecular formula is C38H41N. The van der Waals surface area contributed by atoms with Gasteiger partial charge in [0.05, 0.1) is 5.69 Å². The van der Waals surface area contributed by atoms with Crippen molar-refractivity contribution in [3.63, 3.8) is 0 Å². The van der Waals surface area contributed by atoms with Gasteiger partial charge in [-0.2, -0.15) is 0 Å². The third-order valence-electron chi connectivity index (χ3n) is 10.1. The smallest absolute Gasteiger partial charge is 0.0708 e. The van der Waals surface area contributed by atoms with Crippen molar-refractivity contribution in [2.24, 2.45) is 23.2 Å². The van der Waals surface area contributed by atoms with Gasteiger partial charge in [0.15, 0.2) is 0 Å². The van der Waals surface area contributed by atoms with Gasteiger partial charge in [-0.3, -0.25) is 4.98 Å². The molecule has 1 heteroatoms. The Morgan fingerprint density at radius 2 is 1.41 bits per heavy atom. The van der Waals surface area contributed by atoms with Gasteiger partial charge in [-0.25, -0.2) is 0 Å². The number of aromatic nitrogens is 1. The molecule has 4 bridgehead atoms. The van der Waals surface area contributed by atoms with E-state index < -0.39 is 19.6 Å². The van der Waals surface area contributed by atoms with E-state index in [1.165, 1.54) is 25.5 Å². The zero-order valence-corrected chi connectivity index (χ0v) is 22.9. The van der Waals surface area contributed by atoms with Gasteiger partial charge >= 0.3 is 0 Å². The molecule has 198 valence electrons. The molecule has 0 amide bonds. The predicted octanol–water partition coefficient (Wildman–Crippen LogP) is 10.3. The molecule has 4 saturated carbocycles. The van der Waals surface area contributed by atoms with Gasteiger partial charge in [0.1, 0.15) is 0 Å². The number of hydrogen-bond acceptors (Lipinski definition) is 1. The summed E-state index contributed by atoms with van der Waals surface area (Å²) in [5.74, 6) is 1.62. The van der Waals surface area contributed by atoms with Crippen LogP contribution in [0.5, 0.6) is 0 Å². The average Bonchev–Trinajstić information content (AvgIpc) is 2.99. The highest BCUT2D eigenvalue weighted by atomic mass is 14.7. The van der Waals surface area contributed by atoms with Crippen molar-refractivity contribution >= 4 is 0 Å². The maximum atomic E-state index is 9.72. The van der Waals surface area contributed by atoms with Crippen LogP contribution < -0.4 is 0 Å².